The minimum absolute atomic E-state index is 0.0355. The molecule has 4 aliphatic rings. The molecule has 4 heterocycles. The molecule has 1 aromatic carbocycles. The number of carboxylic acids is 1. The predicted molar refractivity (Wildman–Crippen MR) is 180 cm³/mol. The smallest absolute Gasteiger partial charge is 0.336 e. The summed E-state index contributed by atoms with van der Waals surface area (Å²) in [5, 5.41) is 51.5. The molecule has 2 saturated heterocycles. The largest absolute Gasteiger partial charge is 0.491 e. The number of benzene rings is 1. The van der Waals surface area contributed by atoms with Crippen LogP contribution in [0.15, 0.2) is 24.3 Å². The number of carbonyl (C=O) groups is 4. The van der Waals surface area contributed by atoms with Gasteiger partial charge in [0.05, 0.1) is 63.2 Å². The number of aryl methyl sites for hydroxylation is 2. The van der Waals surface area contributed by atoms with E-state index in [2.05, 4.69) is 16.0 Å². The van der Waals surface area contributed by atoms with E-state index < -0.39 is 72.8 Å². The Morgan fingerprint density at radius 1 is 0.922 bits per heavy atom. The van der Waals surface area contributed by atoms with Crippen molar-refractivity contribution >= 4 is 23.7 Å². The van der Waals surface area contributed by atoms with Gasteiger partial charge in [-0.25, -0.2) is 4.79 Å². The van der Waals surface area contributed by atoms with E-state index in [9.17, 15) is 39.6 Å². The molecule has 1 aromatic rings. The van der Waals surface area contributed by atoms with Crippen molar-refractivity contribution in [1.29, 1.82) is 0 Å². The summed E-state index contributed by atoms with van der Waals surface area (Å²) in [6.07, 6.45) is -2.71. The van der Waals surface area contributed by atoms with Gasteiger partial charge in [0.15, 0.2) is 5.60 Å². The summed E-state index contributed by atoms with van der Waals surface area (Å²) in [7, 11) is 0. The van der Waals surface area contributed by atoms with Crippen LogP contribution in [-0.4, -0.2) is 139 Å². The van der Waals surface area contributed by atoms with Gasteiger partial charge in [0, 0.05) is 38.5 Å². The highest BCUT2D eigenvalue weighted by Gasteiger charge is 2.54. The van der Waals surface area contributed by atoms with Gasteiger partial charge < -0.3 is 60.1 Å². The maximum atomic E-state index is 13.1. The second-order valence-electron chi connectivity index (χ2n) is 13.3. The number of nitrogens with one attached hydrogen (secondary N) is 3. The number of carbonyl (C=O) groups excluding carboxylic acids is 3. The molecule has 7 N–H and O–H groups in total. The maximum Gasteiger partial charge on any atom is 0.336 e. The van der Waals surface area contributed by atoms with Crippen LogP contribution in [0.1, 0.15) is 54.1 Å². The highest BCUT2D eigenvalue weighted by atomic mass is 16.6. The zero-order chi connectivity index (χ0) is 37.1. The van der Waals surface area contributed by atoms with E-state index in [4.69, 9.17) is 23.7 Å². The number of fused-ring (bicyclic) bond motifs is 16. The molecule has 3 amide bonds. The van der Waals surface area contributed by atoms with Crippen LogP contribution in [0.4, 0.5) is 0 Å². The summed E-state index contributed by atoms with van der Waals surface area (Å²) in [6.45, 7) is 5.87. The fourth-order valence-corrected chi connectivity index (χ4v) is 6.51. The molecule has 284 valence electrons. The summed E-state index contributed by atoms with van der Waals surface area (Å²) in [6, 6.07) is 1.44. The highest BCUT2D eigenvalue weighted by Crippen LogP contribution is 2.35. The first-order valence-electron chi connectivity index (χ1n) is 17.2. The molecular formula is C35H51N3O13. The second kappa shape index (κ2) is 18.7. The van der Waals surface area contributed by atoms with Gasteiger partial charge >= 0.3 is 5.97 Å². The standard InChI is InChI=1S/C35H51N3O13/c1-20-13-24-14-21(2)30(20)50-12-11-49-19-25(38-33(44)23-7-6-10-47-17-23)18-48-9-5-4-8-35(34(45)46)15-26(40)28(37-22(3)39)31(51-35)29(42)27(41)16-36-32(24)43/h4-5,13-14,23,25-29,31,40-42H,6-12,15-19H2,1-3H3,(H,36,43)(H,37,39)(H,38,44)(H,45,46)/b5-4+/t23?,25?,26-,27+,28?,29+,31?,35+/m0/s1. The van der Waals surface area contributed by atoms with Gasteiger partial charge in [0.1, 0.15) is 24.6 Å². The average Bonchev–Trinajstić information content (AvgIpc) is 3.09. The van der Waals surface area contributed by atoms with E-state index in [0.717, 1.165) is 6.42 Å². The quantitative estimate of drug-likeness (QED) is 0.195. The van der Waals surface area contributed by atoms with Crippen molar-refractivity contribution in [3.05, 3.63) is 41.0 Å². The Balaban J connectivity index is 1.57. The number of aliphatic hydroxyl groups is 3. The van der Waals surface area contributed by atoms with E-state index in [1.54, 1.807) is 32.1 Å². The topological polar surface area (TPSA) is 231 Å². The Bertz CT molecular complexity index is 1380. The van der Waals surface area contributed by atoms with Gasteiger partial charge in [0.2, 0.25) is 11.8 Å². The van der Waals surface area contributed by atoms with Crippen LogP contribution in [-0.2, 0) is 33.3 Å². The van der Waals surface area contributed by atoms with Crippen molar-refractivity contribution in [2.24, 2.45) is 5.92 Å². The van der Waals surface area contributed by atoms with Gasteiger partial charge in [-0.1, -0.05) is 12.2 Å². The first-order chi connectivity index (χ1) is 24.3. The van der Waals surface area contributed by atoms with Crippen molar-refractivity contribution in [1.82, 2.24) is 16.0 Å². The number of ether oxygens (including phenoxy) is 5. The monoisotopic (exact) mass is 721 g/mol. The normalized spacial score (nSPS) is 32.4. The Hall–Kier alpha value is -3.64. The molecule has 4 aliphatic heterocycles. The van der Waals surface area contributed by atoms with Crippen LogP contribution in [0, 0.1) is 19.8 Å². The maximum absolute atomic E-state index is 13.1. The number of amides is 3. The number of aliphatic carboxylic acids is 1. The molecule has 0 spiro atoms. The van der Waals surface area contributed by atoms with Crippen LogP contribution < -0.4 is 20.7 Å². The molecule has 0 aliphatic carbocycles. The minimum atomic E-state index is -2.04. The molecule has 5 rings (SSSR count). The van der Waals surface area contributed by atoms with E-state index in [0.29, 0.717) is 36.5 Å². The van der Waals surface area contributed by atoms with Gasteiger partial charge in [0.25, 0.3) is 5.91 Å². The van der Waals surface area contributed by atoms with Crippen LogP contribution in [0.25, 0.3) is 0 Å². The van der Waals surface area contributed by atoms with Gasteiger partial charge in [-0.15, -0.1) is 0 Å². The summed E-state index contributed by atoms with van der Waals surface area (Å²) in [5.41, 5.74) is -0.434. The lowest BCUT2D eigenvalue weighted by atomic mass is 9.81. The molecule has 4 unspecified atom stereocenters. The van der Waals surface area contributed by atoms with Crippen LogP contribution in [0.2, 0.25) is 0 Å². The zero-order valence-corrected chi connectivity index (χ0v) is 29.3. The third-order valence-electron chi connectivity index (χ3n) is 9.17. The van der Waals surface area contributed by atoms with Gasteiger partial charge in [-0.2, -0.15) is 0 Å². The highest BCUT2D eigenvalue weighted by molar-refractivity contribution is 5.95. The van der Waals surface area contributed by atoms with E-state index >= 15 is 0 Å². The first kappa shape index (κ1) is 40.1. The average molecular weight is 722 g/mol. The Labute approximate surface area is 296 Å². The molecule has 0 radical (unpaired) electrons. The Morgan fingerprint density at radius 2 is 1.63 bits per heavy atom. The molecule has 4 bridgehead atoms. The summed E-state index contributed by atoms with van der Waals surface area (Å²) in [4.78, 5) is 50.7. The number of carboxylic acid groups (broad SMARTS) is 1. The molecule has 0 aromatic heterocycles. The third kappa shape index (κ3) is 10.9. The number of hydrogen-bond acceptors (Lipinski definition) is 12. The van der Waals surface area contributed by atoms with Crippen molar-refractivity contribution in [3.63, 3.8) is 0 Å². The fraction of sp³-hybridized carbons (Fsp3) is 0.657. The fourth-order valence-electron chi connectivity index (χ4n) is 6.51. The lowest BCUT2D eigenvalue weighted by Gasteiger charge is -2.47. The molecule has 8 atom stereocenters. The predicted octanol–water partition coefficient (Wildman–Crippen LogP) is -0.484. The number of aliphatic hydroxyl groups excluding tert-OH is 3. The minimum Gasteiger partial charge on any atom is -0.491 e. The molecular weight excluding hydrogens is 670 g/mol. The van der Waals surface area contributed by atoms with Crippen LogP contribution >= 0.6 is 0 Å². The summed E-state index contributed by atoms with van der Waals surface area (Å²) >= 11 is 0. The lowest BCUT2D eigenvalue weighted by Crippen LogP contribution is -2.67. The van der Waals surface area contributed by atoms with Gasteiger partial charge in [-0.05, 0) is 49.9 Å². The van der Waals surface area contributed by atoms with Crippen LogP contribution in [0.3, 0.4) is 0 Å². The number of hydrogen-bond donors (Lipinski definition) is 7. The zero-order valence-electron chi connectivity index (χ0n) is 29.3. The van der Waals surface area contributed by atoms with Crippen LogP contribution in [0.5, 0.6) is 5.75 Å². The summed E-state index contributed by atoms with van der Waals surface area (Å²) < 4.78 is 29.0. The molecule has 51 heavy (non-hydrogen) atoms. The number of rotatable bonds is 4. The lowest BCUT2D eigenvalue weighted by molar-refractivity contribution is -0.226. The molecule has 16 heteroatoms. The molecule has 2 fully saturated rings. The Morgan fingerprint density at radius 3 is 2.29 bits per heavy atom. The van der Waals surface area contributed by atoms with E-state index in [-0.39, 0.29) is 56.8 Å². The SMILES string of the molecule is CC(=O)NC1C2O[C@](C(=O)O)(C/C=C/COCC(NC(=O)C3CCCOC3)COCCOc3c(C)cc(cc3C)C(=O)NC[C@@H](O)[C@H]2O)C[C@@H]1O. The first-order valence-corrected chi connectivity index (χ1v) is 17.2. The van der Waals surface area contributed by atoms with E-state index in [1.165, 1.54) is 13.0 Å². The molecule has 0 saturated carbocycles. The molecule has 16 nitrogen and oxygen atoms in total. The van der Waals surface area contributed by atoms with Crippen molar-refractivity contribution in [3.8, 4) is 5.75 Å². The van der Waals surface area contributed by atoms with Crippen molar-refractivity contribution in [2.75, 3.05) is 52.8 Å². The Kier molecular flexibility index (Phi) is 14.7. The third-order valence-corrected chi connectivity index (χ3v) is 9.17. The van der Waals surface area contributed by atoms with Crippen molar-refractivity contribution < 1.29 is 63.3 Å². The van der Waals surface area contributed by atoms with E-state index in [1.807, 2.05) is 0 Å². The van der Waals surface area contributed by atoms with Crippen molar-refractivity contribution in [2.45, 2.75) is 88.6 Å². The second-order valence-corrected chi connectivity index (χ2v) is 13.3. The summed E-state index contributed by atoms with van der Waals surface area (Å²) in [5.74, 6) is -2.45. The van der Waals surface area contributed by atoms with Gasteiger partial charge in [-0.3, -0.25) is 14.4 Å².